The molecule has 0 unspecified atom stereocenters. The minimum absolute atomic E-state index is 0.284. The Kier molecular flexibility index (Phi) is 6.64. The largest absolute Gasteiger partial charge is 0.409 e. The molecule has 0 saturated carbocycles. The van der Waals surface area contributed by atoms with E-state index < -0.39 is 0 Å². The second-order valence-corrected chi connectivity index (χ2v) is 5.59. The van der Waals surface area contributed by atoms with E-state index in [2.05, 4.69) is 17.0 Å². The van der Waals surface area contributed by atoms with Crippen LogP contribution in [0.1, 0.15) is 26.2 Å². The molecule has 94 valence electrons. The lowest BCUT2D eigenvalue weighted by atomic mass is 9.96. The first-order valence-corrected chi connectivity index (χ1v) is 7.21. The highest BCUT2D eigenvalue weighted by atomic mass is 32.2. The van der Waals surface area contributed by atoms with E-state index in [0.29, 0.717) is 5.84 Å². The molecule has 0 aromatic rings. The molecule has 0 amide bonds. The predicted octanol–water partition coefficient (Wildman–Crippen LogP) is 1.59. The number of amidine groups is 1. The number of piperidine rings is 1. The maximum Gasteiger partial charge on any atom is 0.142 e. The zero-order valence-electron chi connectivity index (χ0n) is 10.1. The van der Waals surface area contributed by atoms with Gasteiger partial charge >= 0.3 is 0 Å². The number of likely N-dealkylation sites (tertiary alicyclic amines) is 1. The van der Waals surface area contributed by atoms with Gasteiger partial charge in [0, 0.05) is 5.92 Å². The fourth-order valence-corrected chi connectivity index (χ4v) is 2.69. The Bertz CT molecular complexity index is 215. The van der Waals surface area contributed by atoms with E-state index in [-0.39, 0.29) is 5.92 Å². The fraction of sp³-hybridized carbons (Fsp3) is 0.909. The molecule has 16 heavy (non-hydrogen) atoms. The van der Waals surface area contributed by atoms with E-state index in [4.69, 9.17) is 10.9 Å². The van der Waals surface area contributed by atoms with Crippen molar-refractivity contribution in [2.75, 3.05) is 31.1 Å². The third-order valence-corrected chi connectivity index (χ3v) is 4.07. The molecule has 0 atom stereocenters. The van der Waals surface area contributed by atoms with Crippen LogP contribution in [-0.2, 0) is 0 Å². The summed E-state index contributed by atoms with van der Waals surface area (Å²) < 4.78 is 0. The highest BCUT2D eigenvalue weighted by Gasteiger charge is 2.21. The Morgan fingerprint density at radius 1 is 1.50 bits per heavy atom. The summed E-state index contributed by atoms with van der Waals surface area (Å²) in [5, 5.41) is 11.7. The molecule has 1 saturated heterocycles. The van der Waals surface area contributed by atoms with Gasteiger partial charge in [0.2, 0.25) is 0 Å². The molecular formula is C11H23N3OS. The topological polar surface area (TPSA) is 61.8 Å². The summed E-state index contributed by atoms with van der Waals surface area (Å²) in [6.45, 7) is 5.55. The average Bonchev–Trinajstić information content (AvgIpc) is 2.34. The Morgan fingerprint density at radius 3 is 2.75 bits per heavy atom. The van der Waals surface area contributed by atoms with Crippen molar-refractivity contribution in [2.24, 2.45) is 16.8 Å². The van der Waals surface area contributed by atoms with Crippen LogP contribution in [0, 0.1) is 5.92 Å². The van der Waals surface area contributed by atoms with Gasteiger partial charge in [0.05, 0.1) is 0 Å². The first kappa shape index (κ1) is 13.6. The molecule has 1 rings (SSSR count). The quantitative estimate of drug-likeness (QED) is 0.245. The Balaban J connectivity index is 2.12. The lowest BCUT2D eigenvalue weighted by Gasteiger charge is -2.31. The van der Waals surface area contributed by atoms with Gasteiger partial charge in [0.1, 0.15) is 5.84 Å². The maximum absolute atomic E-state index is 8.60. The first-order valence-electron chi connectivity index (χ1n) is 6.05. The molecule has 5 heteroatoms. The Hall–Kier alpha value is -0.420. The van der Waals surface area contributed by atoms with Crippen molar-refractivity contribution >= 4 is 17.6 Å². The fourth-order valence-electron chi connectivity index (χ4n) is 2.07. The molecule has 0 bridgehead atoms. The number of nitrogens with two attached hydrogens (primary N) is 1. The lowest BCUT2D eigenvalue weighted by Crippen LogP contribution is -2.39. The van der Waals surface area contributed by atoms with Gasteiger partial charge in [-0.05, 0) is 50.4 Å². The van der Waals surface area contributed by atoms with Crippen molar-refractivity contribution in [3.8, 4) is 0 Å². The van der Waals surface area contributed by atoms with Gasteiger partial charge in [-0.3, -0.25) is 0 Å². The Morgan fingerprint density at radius 2 is 2.19 bits per heavy atom. The van der Waals surface area contributed by atoms with Gasteiger partial charge in [-0.25, -0.2) is 0 Å². The summed E-state index contributed by atoms with van der Waals surface area (Å²) in [5.74, 6) is 3.16. The van der Waals surface area contributed by atoms with Gasteiger partial charge in [-0.2, -0.15) is 11.8 Å². The minimum atomic E-state index is 0.284. The van der Waals surface area contributed by atoms with Crippen molar-refractivity contribution in [2.45, 2.75) is 26.2 Å². The molecule has 0 spiro atoms. The van der Waals surface area contributed by atoms with E-state index in [1.54, 1.807) is 0 Å². The third-order valence-electron chi connectivity index (χ3n) is 3.09. The smallest absolute Gasteiger partial charge is 0.142 e. The van der Waals surface area contributed by atoms with Crippen molar-refractivity contribution in [1.82, 2.24) is 4.90 Å². The number of hydrogen-bond donors (Lipinski definition) is 2. The molecule has 3 N–H and O–H groups in total. The summed E-state index contributed by atoms with van der Waals surface area (Å²) in [6, 6.07) is 0. The zero-order valence-corrected chi connectivity index (χ0v) is 10.9. The molecule has 0 radical (unpaired) electrons. The molecule has 0 aromatic carbocycles. The number of nitrogens with zero attached hydrogens (tertiary/aromatic N) is 2. The van der Waals surface area contributed by atoms with E-state index in [9.17, 15) is 0 Å². The summed E-state index contributed by atoms with van der Waals surface area (Å²) >= 11 is 2.01. The van der Waals surface area contributed by atoms with Crippen molar-refractivity contribution in [3.63, 3.8) is 0 Å². The molecule has 1 aliphatic rings. The van der Waals surface area contributed by atoms with Gasteiger partial charge in [-0.1, -0.05) is 12.1 Å². The normalized spacial score (nSPS) is 20.2. The molecule has 1 heterocycles. The predicted molar refractivity (Wildman–Crippen MR) is 70.2 cm³/mol. The van der Waals surface area contributed by atoms with Gasteiger partial charge < -0.3 is 15.8 Å². The second-order valence-electron chi connectivity index (χ2n) is 4.19. The summed E-state index contributed by atoms with van der Waals surface area (Å²) in [5.41, 5.74) is 5.61. The van der Waals surface area contributed by atoms with Crippen LogP contribution in [0.3, 0.4) is 0 Å². The van der Waals surface area contributed by atoms with Crippen LogP contribution in [-0.4, -0.2) is 47.1 Å². The van der Waals surface area contributed by atoms with Crippen molar-refractivity contribution in [1.29, 1.82) is 0 Å². The number of rotatable bonds is 6. The van der Waals surface area contributed by atoms with Gasteiger partial charge in [-0.15, -0.1) is 0 Å². The maximum atomic E-state index is 8.60. The van der Waals surface area contributed by atoms with Crippen LogP contribution in [0.25, 0.3) is 0 Å². The van der Waals surface area contributed by atoms with E-state index in [1.165, 1.54) is 24.5 Å². The summed E-state index contributed by atoms with van der Waals surface area (Å²) in [7, 11) is 0. The zero-order chi connectivity index (χ0) is 11.8. The van der Waals surface area contributed by atoms with Crippen LogP contribution < -0.4 is 5.73 Å². The van der Waals surface area contributed by atoms with Crippen molar-refractivity contribution in [3.05, 3.63) is 0 Å². The monoisotopic (exact) mass is 245 g/mol. The van der Waals surface area contributed by atoms with E-state index >= 15 is 0 Å². The van der Waals surface area contributed by atoms with Crippen LogP contribution >= 0.6 is 11.8 Å². The summed E-state index contributed by atoms with van der Waals surface area (Å²) in [6.07, 6.45) is 3.32. The number of hydrogen-bond acceptors (Lipinski definition) is 4. The third kappa shape index (κ3) is 4.61. The van der Waals surface area contributed by atoms with E-state index in [0.717, 1.165) is 25.9 Å². The van der Waals surface area contributed by atoms with Crippen molar-refractivity contribution < 1.29 is 5.21 Å². The average molecular weight is 245 g/mol. The summed E-state index contributed by atoms with van der Waals surface area (Å²) in [4.78, 5) is 2.48. The number of oxime groups is 1. The molecule has 4 nitrogen and oxygen atoms in total. The highest BCUT2D eigenvalue weighted by molar-refractivity contribution is 7.99. The van der Waals surface area contributed by atoms with Crippen LogP contribution in [0.4, 0.5) is 0 Å². The standard InChI is InChI=1S/C11H23N3OS/c1-2-16-9-3-6-14-7-4-10(5-8-14)11(12)13-15/h10,15H,2-9H2,1H3,(H2,12,13). The van der Waals surface area contributed by atoms with E-state index in [1.807, 2.05) is 11.8 Å². The highest BCUT2D eigenvalue weighted by Crippen LogP contribution is 2.17. The van der Waals surface area contributed by atoms with Crippen LogP contribution in [0.15, 0.2) is 5.16 Å². The molecule has 1 fully saturated rings. The van der Waals surface area contributed by atoms with Crippen LogP contribution in [0.2, 0.25) is 0 Å². The Labute approximate surface area is 102 Å². The first-order chi connectivity index (χ1) is 7.77. The minimum Gasteiger partial charge on any atom is -0.409 e. The molecule has 0 aliphatic carbocycles. The SMILES string of the molecule is CCSCCCN1CCC(C(N)=NO)CC1. The lowest BCUT2D eigenvalue weighted by molar-refractivity contribution is 0.207. The molecule has 0 aromatic heterocycles. The van der Waals surface area contributed by atoms with Gasteiger partial charge in [0.25, 0.3) is 0 Å². The second kappa shape index (κ2) is 7.79. The number of thioether (sulfide) groups is 1. The molecular weight excluding hydrogens is 222 g/mol. The van der Waals surface area contributed by atoms with Crippen LogP contribution in [0.5, 0.6) is 0 Å². The molecule has 1 aliphatic heterocycles. The van der Waals surface area contributed by atoms with Gasteiger partial charge in [0.15, 0.2) is 0 Å².